The van der Waals surface area contributed by atoms with E-state index in [0.717, 1.165) is 48.9 Å². The van der Waals surface area contributed by atoms with Crippen molar-refractivity contribution in [3.8, 4) is 0 Å². The van der Waals surface area contributed by atoms with Gasteiger partial charge in [-0.15, -0.1) is 11.3 Å². The van der Waals surface area contributed by atoms with E-state index in [4.69, 9.17) is 10.6 Å². The van der Waals surface area contributed by atoms with Crippen LogP contribution in [0.2, 0.25) is 0 Å². The van der Waals surface area contributed by atoms with Crippen molar-refractivity contribution in [1.29, 1.82) is 0 Å². The highest BCUT2D eigenvalue weighted by Crippen LogP contribution is 2.26. The molecule has 21 heavy (non-hydrogen) atoms. The van der Waals surface area contributed by atoms with Crippen molar-refractivity contribution in [2.24, 2.45) is 5.84 Å². The van der Waals surface area contributed by atoms with Crippen LogP contribution in [0.3, 0.4) is 0 Å². The van der Waals surface area contributed by atoms with Crippen LogP contribution in [-0.4, -0.2) is 53.8 Å². The van der Waals surface area contributed by atoms with Gasteiger partial charge in [0.15, 0.2) is 0 Å². The highest BCUT2D eigenvalue weighted by atomic mass is 32.1. The van der Waals surface area contributed by atoms with Crippen LogP contribution in [0.4, 0.5) is 11.8 Å². The topological polar surface area (TPSA) is 88.3 Å². The molecule has 3 rings (SSSR count). The molecule has 114 valence electrons. The van der Waals surface area contributed by atoms with Gasteiger partial charge in [0.25, 0.3) is 0 Å². The van der Waals surface area contributed by atoms with Gasteiger partial charge in [-0.05, 0) is 18.4 Å². The summed E-state index contributed by atoms with van der Waals surface area (Å²) < 4.78 is 5.37. The van der Waals surface area contributed by atoms with Crippen molar-refractivity contribution in [2.75, 3.05) is 43.6 Å². The lowest BCUT2D eigenvalue weighted by Gasteiger charge is -2.29. The molecule has 1 unspecified atom stereocenters. The Labute approximate surface area is 127 Å². The van der Waals surface area contributed by atoms with Crippen molar-refractivity contribution < 1.29 is 4.74 Å². The molecule has 8 heteroatoms. The molecule has 1 aliphatic rings. The smallest absolute Gasteiger partial charge is 0.240 e. The number of hydrazine groups is 1. The predicted molar refractivity (Wildman–Crippen MR) is 85.6 cm³/mol. The van der Waals surface area contributed by atoms with E-state index in [9.17, 15) is 0 Å². The molecule has 4 N–H and O–H groups in total. The van der Waals surface area contributed by atoms with Gasteiger partial charge in [0.1, 0.15) is 10.6 Å². The number of hydrogen-bond acceptors (Lipinski definition) is 8. The Balaban J connectivity index is 1.72. The summed E-state index contributed by atoms with van der Waals surface area (Å²) in [5.41, 5.74) is 2.52. The fourth-order valence-electron chi connectivity index (χ4n) is 2.48. The highest BCUT2D eigenvalue weighted by Gasteiger charge is 2.15. The number of thiophene rings is 1. The zero-order chi connectivity index (χ0) is 14.7. The Morgan fingerprint density at radius 2 is 2.24 bits per heavy atom. The molecule has 0 bridgehead atoms. The first-order chi connectivity index (χ1) is 10.3. The molecular weight excluding hydrogens is 288 g/mol. The Kier molecular flexibility index (Phi) is 4.49. The fourth-order valence-corrected chi connectivity index (χ4v) is 3.24. The summed E-state index contributed by atoms with van der Waals surface area (Å²) in [6, 6.07) is 2.32. The van der Waals surface area contributed by atoms with Gasteiger partial charge >= 0.3 is 0 Å². The van der Waals surface area contributed by atoms with E-state index in [0.29, 0.717) is 5.95 Å². The number of nitrogens with one attached hydrogen (secondary N) is 2. The lowest BCUT2D eigenvalue weighted by molar-refractivity contribution is 0.0368. The number of fused-ring (bicyclic) bond motifs is 1. The first-order valence-corrected chi connectivity index (χ1v) is 7.92. The molecule has 2 aromatic heterocycles. The third kappa shape index (κ3) is 3.41. The molecule has 0 amide bonds. The van der Waals surface area contributed by atoms with Gasteiger partial charge < -0.3 is 10.1 Å². The zero-order valence-corrected chi connectivity index (χ0v) is 12.8. The van der Waals surface area contributed by atoms with Crippen molar-refractivity contribution in [3.63, 3.8) is 0 Å². The number of rotatable bonds is 5. The fraction of sp³-hybridized carbons (Fsp3) is 0.538. The number of nitrogens with two attached hydrogens (primary N) is 1. The van der Waals surface area contributed by atoms with E-state index >= 15 is 0 Å². The van der Waals surface area contributed by atoms with Crippen molar-refractivity contribution >= 4 is 33.3 Å². The van der Waals surface area contributed by atoms with Crippen LogP contribution in [0.15, 0.2) is 11.4 Å². The van der Waals surface area contributed by atoms with Gasteiger partial charge in [0.05, 0.1) is 18.6 Å². The maximum Gasteiger partial charge on any atom is 0.240 e. The quantitative estimate of drug-likeness (QED) is 0.563. The molecule has 1 aliphatic heterocycles. The largest absolute Gasteiger partial charge is 0.379 e. The predicted octanol–water partition coefficient (Wildman–Crippen LogP) is 1.11. The standard InChI is InChI=1S/C13H20N6OS/c1-9(8-19-3-5-20-6-4-19)15-11-10-2-7-21-12(10)17-13(16-11)18-14/h2,7,9H,3-6,8,14H2,1H3,(H2,15,16,17,18). The van der Waals surface area contributed by atoms with Crippen LogP contribution >= 0.6 is 11.3 Å². The van der Waals surface area contributed by atoms with Crippen LogP contribution < -0.4 is 16.6 Å². The third-order valence-corrected chi connectivity index (χ3v) is 4.28. The number of ether oxygens (including phenoxy) is 1. The second-order valence-corrected chi connectivity index (χ2v) is 6.03. The van der Waals surface area contributed by atoms with Crippen molar-refractivity contribution in [1.82, 2.24) is 14.9 Å². The average molecular weight is 308 g/mol. The van der Waals surface area contributed by atoms with Crippen LogP contribution in [0, 0.1) is 0 Å². The molecule has 3 heterocycles. The summed E-state index contributed by atoms with van der Waals surface area (Å²) in [6.45, 7) is 6.72. The van der Waals surface area contributed by atoms with Crippen LogP contribution in [-0.2, 0) is 4.74 Å². The normalized spacial score (nSPS) is 17.8. The molecular formula is C13H20N6OS. The minimum absolute atomic E-state index is 0.284. The summed E-state index contributed by atoms with van der Waals surface area (Å²) in [5.74, 6) is 6.70. The molecule has 0 saturated carbocycles. The van der Waals surface area contributed by atoms with E-state index in [1.54, 1.807) is 11.3 Å². The zero-order valence-electron chi connectivity index (χ0n) is 12.0. The van der Waals surface area contributed by atoms with E-state index in [1.165, 1.54) is 0 Å². The molecule has 1 saturated heterocycles. The first kappa shape index (κ1) is 14.5. The summed E-state index contributed by atoms with van der Waals surface area (Å²) in [7, 11) is 0. The lowest BCUT2D eigenvalue weighted by atomic mass is 10.2. The average Bonchev–Trinajstić information content (AvgIpc) is 2.96. The van der Waals surface area contributed by atoms with Crippen molar-refractivity contribution in [2.45, 2.75) is 13.0 Å². The Hall–Kier alpha value is -1.48. The number of anilines is 2. The Morgan fingerprint density at radius 3 is 3.00 bits per heavy atom. The van der Waals surface area contributed by atoms with Gasteiger partial charge in [-0.2, -0.15) is 4.98 Å². The lowest BCUT2D eigenvalue weighted by Crippen LogP contribution is -2.42. The number of aromatic nitrogens is 2. The van der Waals surface area contributed by atoms with E-state index in [-0.39, 0.29) is 6.04 Å². The first-order valence-electron chi connectivity index (χ1n) is 7.05. The maximum absolute atomic E-state index is 5.44. The molecule has 0 radical (unpaired) electrons. The minimum atomic E-state index is 0.284. The number of hydrogen-bond donors (Lipinski definition) is 3. The molecule has 0 aliphatic carbocycles. The Bertz CT molecular complexity index is 597. The minimum Gasteiger partial charge on any atom is -0.379 e. The third-order valence-electron chi connectivity index (χ3n) is 3.47. The van der Waals surface area contributed by atoms with Gasteiger partial charge in [-0.25, -0.2) is 10.8 Å². The second-order valence-electron chi connectivity index (χ2n) is 5.14. The SMILES string of the molecule is CC(CN1CCOCC1)Nc1nc(NN)nc2sccc12. The monoisotopic (exact) mass is 308 g/mol. The van der Waals surface area contributed by atoms with Crippen LogP contribution in [0.1, 0.15) is 6.92 Å². The molecule has 1 fully saturated rings. The molecule has 7 nitrogen and oxygen atoms in total. The van der Waals surface area contributed by atoms with Gasteiger partial charge in [0.2, 0.25) is 5.95 Å². The summed E-state index contributed by atoms with van der Waals surface area (Å²) in [5, 5.41) is 6.52. The van der Waals surface area contributed by atoms with Crippen LogP contribution in [0.25, 0.3) is 10.2 Å². The summed E-state index contributed by atoms with van der Waals surface area (Å²) in [6.07, 6.45) is 0. The van der Waals surface area contributed by atoms with E-state index < -0.39 is 0 Å². The summed E-state index contributed by atoms with van der Waals surface area (Å²) in [4.78, 5) is 12.1. The number of nitrogen functional groups attached to an aromatic ring is 1. The second kappa shape index (κ2) is 6.52. The number of nitrogens with zero attached hydrogens (tertiary/aromatic N) is 3. The van der Waals surface area contributed by atoms with Gasteiger partial charge in [0, 0.05) is 25.7 Å². The molecule has 0 aromatic carbocycles. The highest BCUT2D eigenvalue weighted by molar-refractivity contribution is 7.16. The van der Waals surface area contributed by atoms with Gasteiger partial charge in [-0.3, -0.25) is 10.3 Å². The molecule has 2 aromatic rings. The van der Waals surface area contributed by atoms with Gasteiger partial charge in [-0.1, -0.05) is 0 Å². The molecule has 0 spiro atoms. The maximum atomic E-state index is 5.44. The van der Waals surface area contributed by atoms with Crippen LogP contribution in [0.5, 0.6) is 0 Å². The summed E-state index contributed by atoms with van der Waals surface area (Å²) >= 11 is 1.58. The van der Waals surface area contributed by atoms with Crippen molar-refractivity contribution in [3.05, 3.63) is 11.4 Å². The van der Waals surface area contributed by atoms with E-state index in [1.807, 2.05) is 11.4 Å². The van der Waals surface area contributed by atoms with E-state index in [2.05, 4.69) is 32.5 Å². The number of morpholine rings is 1. The molecule has 1 atom stereocenters. The Morgan fingerprint density at radius 1 is 1.43 bits per heavy atom.